The van der Waals surface area contributed by atoms with E-state index in [-0.39, 0.29) is 0 Å². The van der Waals surface area contributed by atoms with E-state index in [1.807, 2.05) is 6.08 Å². The molecule has 0 bridgehead atoms. The SMILES string of the molecule is C1=CNOC=C1.NN. The molecule has 0 fully saturated rings. The summed E-state index contributed by atoms with van der Waals surface area (Å²) in [6.07, 6.45) is 6.93. The van der Waals surface area contributed by atoms with Crippen LogP contribution >= 0.6 is 0 Å². The number of hydrazine groups is 1. The molecule has 8 heavy (non-hydrogen) atoms. The molecule has 1 aliphatic heterocycles. The zero-order chi connectivity index (χ0) is 6.24. The summed E-state index contributed by atoms with van der Waals surface area (Å²) in [5.41, 5.74) is 2.52. The van der Waals surface area contributed by atoms with Crippen LogP contribution in [0.2, 0.25) is 0 Å². The first-order chi connectivity index (χ1) is 4.00. The third-order valence-electron chi connectivity index (χ3n) is 0.490. The van der Waals surface area contributed by atoms with Crippen molar-refractivity contribution in [2.45, 2.75) is 0 Å². The predicted octanol–water partition coefficient (Wildman–Crippen LogP) is -0.633. The van der Waals surface area contributed by atoms with Crippen molar-refractivity contribution in [2.24, 2.45) is 11.7 Å². The fourth-order valence-corrected chi connectivity index (χ4v) is 0.258. The first-order valence-electron chi connectivity index (χ1n) is 2.06. The zero-order valence-electron chi connectivity index (χ0n) is 4.37. The van der Waals surface area contributed by atoms with E-state index in [9.17, 15) is 0 Å². The normalized spacial score (nSPS) is 12.8. The van der Waals surface area contributed by atoms with Gasteiger partial charge in [0.2, 0.25) is 0 Å². The van der Waals surface area contributed by atoms with Crippen LogP contribution in [0.1, 0.15) is 0 Å². The Kier molecular flexibility index (Phi) is 5.25. The van der Waals surface area contributed by atoms with E-state index in [0.717, 1.165) is 0 Å². The van der Waals surface area contributed by atoms with Crippen LogP contribution < -0.4 is 17.2 Å². The molecule has 4 heteroatoms. The largest absolute Gasteiger partial charge is 0.391 e. The monoisotopic (exact) mass is 115 g/mol. The van der Waals surface area contributed by atoms with Crippen molar-refractivity contribution in [2.75, 3.05) is 0 Å². The summed E-state index contributed by atoms with van der Waals surface area (Å²) in [5.74, 6) is 8.00. The third kappa shape index (κ3) is 3.20. The van der Waals surface area contributed by atoms with Crippen LogP contribution in [0.25, 0.3) is 0 Å². The first kappa shape index (κ1) is 7.00. The summed E-state index contributed by atoms with van der Waals surface area (Å²) in [6.45, 7) is 0. The Balaban J connectivity index is 0.000000222. The maximum Gasteiger partial charge on any atom is 0.119 e. The average Bonchev–Trinajstić information content (AvgIpc) is 1.96. The molecule has 5 N–H and O–H groups in total. The highest BCUT2D eigenvalue weighted by molar-refractivity contribution is 5.00. The number of rotatable bonds is 0. The molecule has 0 saturated carbocycles. The standard InChI is InChI=1S/C4H5NO.H4N2/c1-2-4-6-5-3-1;1-2/h1-5H;1-2H2. The van der Waals surface area contributed by atoms with Crippen LogP contribution in [0, 0.1) is 0 Å². The predicted molar refractivity (Wildman–Crippen MR) is 30.9 cm³/mol. The van der Waals surface area contributed by atoms with Crippen molar-refractivity contribution >= 4 is 0 Å². The van der Waals surface area contributed by atoms with Gasteiger partial charge in [0.25, 0.3) is 0 Å². The zero-order valence-corrected chi connectivity index (χ0v) is 4.37. The number of hydrogen-bond donors (Lipinski definition) is 3. The van der Waals surface area contributed by atoms with Gasteiger partial charge >= 0.3 is 0 Å². The Labute approximate surface area is 47.7 Å². The topological polar surface area (TPSA) is 73.3 Å². The fourth-order valence-electron chi connectivity index (χ4n) is 0.258. The number of hydroxylamine groups is 1. The summed E-state index contributed by atoms with van der Waals surface area (Å²) >= 11 is 0. The van der Waals surface area contributed by atoms with Gasteiger partial charge < -0.3 is 4.84 Å². The van der Waals surface area contributed by atoms with E-state index >= 15 is 0 Å². The van der Waals surface area contributed by atoms with Gasteiger partial charge in [-0.05, 0) is 12.2 Å². The van der Waals surface area contributed by atoms with Gasteiger partial charge in [-0.2, -0.15) is 0 Å². The summed E-state index contributed by atoms with van der Waals surface area (Å²) in [5, 5.41) is 0. The van der Waals surface area contributed by atoms with Gasteiger partial charge in [0.1, 0.15) is 6.26 Å². The summed E-state index contributed by atoms with van der Waals surface area (Å²) in [4.78, 5) is 4.55. The number of nitrogens with two attached hydrogens (primary N) is 2. The van der Waals surface area contributed by atoms with Crippen LogP contribution in [0.5, 0.6) is 0 Å². The van der Waals surface area contributed by atoms with Gasteiger partial charge in [-0.3, -0.25) is 11.7 Å². The molecule has 46 valence electrons. The van der Waals surface area contributed by atoms with Crippen molar-refractivity contribution < 1.29 is 4.84 Å². The molecule has 0 saturated heterocycles. The second-order valence-electron chi connectivity index (χ2n) is 0.923. The molecule has 0 aliphatic carbocycles. The molecule has 0 aromatic heterocycles. The summed E-state index contributed by atoms with van der Waals surface area (Å²) < 4.78 is 0. The Morgan fingerprint density at radius 2 is 2.00 bits per heavy atom. The van der Waals surface area contributed by atoms with Crippen molar-refractivity contribution in [3.8, 4) is 0 Å². The molecular formula is C4H9N3O. The summed E-state index contributed by atoms with van der Waals surface area (Å²) in [7, 11) is 0. The minimum absolute atomic E-state index is 1.57. The van der Waals surface area contributed by atoms with Crippen LogP contribution in [-0.2, 0) is 4.84 Å². The molecule has 1 rings (SSSR count). The molecule has 1 heterocycles. The highest BCUT2D eigenvalue weighted by Crippen LogP contribution is 1.80. The molecule has 0 spiro atoms. The highest BCUT2D eigenvalue weighted by Gasteiger charge is 1.72. The lowest BCUT2D eigenvalue weighted by Crippen LogP contribution is -2.02. The van der Waals surface area contributed by atoms with Gasteiger partial charge in [-0.1, -0.05) is 0 Å². The minimum Gasteiger partial charge on any atom is -0.391 e. The van der Waals surface area contributed by atoms with E-state index < -0.39 is 0 Å². The smallest absolute Gasteiger partial charge is 0.119 e. The van der Waals surface area contributed by atoms with E-state index in [1.54, 1.807) is 18.5 Å². The molecule has 0 aromatic rings. The van der Waals surface area contributed by atoms with Gasteiger partial charge in [-0.25, -0.2) is 5.48 Å². The number of hydrogen-bond acceptors (Lipinski definition) is 4. The number of nitrogens with one attached hydrogen (secondary N) is 1. The van der Waals surface area contributed by atoms with Gasteiger partial charge in [0.05, 0.1) is 0 Å². The molecule has 0 aromatic carbocycles. The maximum absolute atomic E-state index is 4.55. The highest BCUT2D eigenvalue weighted by atomic mass is 16.6. The Hall–Kier alpha value is -1.00. The van der Waals surface area contributed by atoms with Crippen LogP contribution in [0.3, 0.4) is 0 Å². The lowest BCUT2D eigenvalue weighted by Gasteiger charge is -1.97. The average molecular weight is 115 g/mol. The Morgan fingerprint density at radius 3 is 2.12 bits per heavy atom. The molecule has 0 unspecified atom stereocenters. The van der Waals surface area contributed by atoms with Crippen molar-refractivity contribution in [3.05, 3.63) is 24.6 Å². The molecule has 0 atom stereocenters. The van der Waals surface area contributed by atoms with E-state index in [4.69, 9.17) is 0 Å². The lowest BCUT2D eigenvalue weighted by atomic mass is 10.6. The lowest BCUT2D eigenvalue weighted by molar-refractivity contribution is 0.172. The molecule has 0 radical (unpaired) electrons. The van der Waals surface area contributed by atoms with Crippen molar-refractivity contribution in [1.82, 2.24) is 5.48 Å². The van der Waals surface area contributed by atoms with E-state index in [1.165, 1.54) is 0 Å². The van der Waals surface area contributed by atoms with Crippen LogP contribution in [-0.4, -0.2) is 0 Å². The fraction of sp³-hybridized carbons (Fsp3) is 0. The first-order valence-corrected chi connectivity index (χ1v) is 2.06. The van der Waals surface area contributed by atoms with Crippen molar-refractivity contribution in [1.29, 1.82) is 0 Å². The molecule has 4 nitrogen and oxygen atoms in total. The molecular weight excluding hydrogens is 106 g/mol. The second kappa shape index (κ2) is 6.00. The third-order valence-corrected chi connectivity index (χ3v) is 0.490. The molecule has 1 aliphatic rings. The quantitative estimate of drug-likeness (QED) is 0.290. The van der Waals surface area contributed by atoms with Crippen molar-refractivity contribution in [3.63, 3.8) is 0 Å². The minimum atomic E-state index is 1.57. The van der Waals surface area contributed by atoms with Crippen LogP contribution in [0.4, 0.5) is 0 Å². The summed E-state index contributed by atoms with van der Waals surface area (Å²) in [6, 6.07) is 0. The second-order valence-corrected chi connectivity index (χ2v) is 0.923. The van der Waals surface area contributed by atoms with Crippen LogP contribution in [0.15, 0.2) is 24.6 Å². The van der Waals surface area contributed by atoms with E-state index in [2.05, 4.69) is 22.0 Å². The maximum atomic E-state index is 4.55. The van der Waals surface area contributed by atoms with Gasteiger partial charge in [0.15, 0.2) is 0 Å². The van der Waals surface area contributed by atoms with Gasteiger partial charge in [0, 0.05) is 6.20 Å². The van der Waals surface area contributed by atoms with Gasteiger partial charge in [-0.15, -0.1) is 0 Å². The van der Waals surface area contributed by atoms with E-state index in [0.29, 0.717) is 0 Å². The Morgan fingerprint density at radius 1 is 1.25 bits per heavy atom. The molecule has 0 amide bonds. The number of allylic oxidation sites excluding steroid dienone is 2. The Bertz CT molecular complexity index is 77.3.